The van der Waals surface area contributed by atoms with Crippen LogP contribution in [0.25, 0.3) is 0 Å². The van der Waals surface area contributed by atoms with Crippen LogP contribution in [0, 0.1) is 0 Å². The number of aromatic nitrogens is 1. The Bertz CT molecular complexity index is 365. The molecular formula is C13H21N3O2. The molecule has 5 nitrogen and oxygen atoms in total. The molecule has 3 N–H and O–H groups in total. The molecule has 1 aromatic rings. The summed E-state index contributed by atoms with van der Waals surface area (Å²) < 4.78 is 4.96. The molecule has 1 aromatic heterocycles. The Kier molecular flexibility index (Phi) is 6.14. The van der Waals surface area contributed by atoms with E-state index in [9.17, 15) is 4.79 Å². The number of methoxy groups -OCH3 is 1. The van der Waals surface area contributed by atoms with Gasteiger partial charge in [0.2, 0.25) is 11.8 Å². The second-order valence-electron chi connectivity index (χ2n) is 4.18. The minimum atomic E-state index is -0.420. The predicted octanol–water partition coefficient (Wildman–Crippen LogP) is 1.22. The first-order chi connectivity index (χ1) is 8.67. The topological polar surface area (TPSA) is 77.2 Å². The van der Waals surface area contributed by atoms with Crippen LogP contribution >= 0.6 is 0 Å². The van der Waals surface area contributed by atoms with E-state index in [4.69, 9.17) is 10.5 Å². The minimum absolute atomic E-state index is 0.112. The van der Waals surface area contributed by atoms with Gasteiger partial charge < -0.3 is 15.8 Å². The number of carbonyl (C=O) groups excluding carboxylic acids is 1. The van der Waals surface area contributed by atoms with Crippen molar-refractivity contribution in [2.45, 2.75) is 38.8 Å². The summed E-state index contributed by atoms with van der Waals surface area (Å²) in [6.07, 6.45) is 4.42. The van der Waals surface area contributed by atoms with Crippen molar-refractivity contribution in [2.75, 3.05) is 7.11 Å². The molecule has 0 bridgehead atoms. The Hall–Kier alpha value is -1.62. The van der Waals surface area contributed by atoms with Gasteiger partial charge in [-0.2, -0.15) is 0 Å². The van der Waals surface area contributed by atoms with Gasteiger partial charge in [0.15, 0.2) is 0 Å². The van der Waals surface area contributed by atoms with Gasteiger partial charge >= 0.3 is 0 Å². The van der Waals surface area contributed by atoms with Crippen molar-refractivity contribution in [3.8, 4) is 5.88 Å². The molecule has 18 heavy (non-hydrogen) atoms. The average Bonchev–Trinajstić information content (AvgIpc) is 2.42. The van der Waals surface area contributed by atoms with E-state index in [1.807, 2.05) is 6.07 Å². The Morgan fingerprint density at radius 2 is 2.33 bits per heavy atom. The second kappa shape index (κ2) is 7.66. The molecule has 0 aromatic carbocycles. The number of nitrogens with two attached hydrogens (primary N) is 1. The smallest absolute Gasteiger partial charge is 0.237 e. The number of nitrogens with one attached hydrogen (secondary N) is 1. The molecule has 0 fully saturated rings. The summed E-state index contributed by atoms with van der Waals surface area (Å²) in [6, 6.07) is 3.21. The average molecular weight is 251 g/mol. The van der Waals surface area contributed by atoms with Gasteiger partial charge in [-0.3, -0.25) is 4.79 Å². The van der Waals surface area contributed by atoms with Gasteiger partial charge in [-0.25, -0.2) is 4.98 Å². The lowest BCUT2D eigenvalue weighted by Crippen LogP contribution is -2.40. The van der Waals surface area contributed by atoms with Crippen molar-refractivity contribution in [3.63, 3.8) is 0 Å². The highest BCUT2D eigenvalue weighted by Gasteiger charge is 2.11. The lowest BCUT2D eigenvalue weighted by molar-refractivity contribution is -0.122. The van der Waals surface area contributed by atoms with Crippen molar-refractivity contribution in [1.82, 2.24) is 10.3 Å². The molecule has 0 saturated carbocycles. The van der Waals surface area contributed by atoms with Crippen LogP contribution in [0.15, 0.2) is 18.3 Å². The Morgan fingerprint density at radius 3 is 2.89 bits per heavy atom. The van der Waals surface area contributed by atoms with Gasteiger partial charge in [-0.15, -0.1) is 0 Å². The third kappa shape index (κ3) is 4.71. The summed E-state index contributed by atoms with van der Waals surface area (Å²) in [5, 5.41) is 2.80. The number of nitrogens with zero attached hydrogens (tertiary/aromatic N) is 1. The Morgan fingerprint density at radius 1 is 1.56 bits per heavy atom. The fourth-order valence-electron chi connectivity index (χ4n) is 1.51. The highest BCUT2D eigenvalue weighted by atomic mass is 16.5. The van der Waals surface area contributed by atoms with E-state index >= 15 is 0 Å². The molecule has 1 atom stereocenters. The van der Waals surface area contributed by atoms with Crippen LogP contribution in [0.3, 0.4) is 0 Å². The highest BCUT2D eigenvalue weighted by molar-refractivity contribution is 5.81. The zero-order chi connectivity index (χ0) is 13.4. The first kappa shape index (κ1) is 14.4. The van der Waals surface area contributed by atoms with Crippen LogP contribution in [-0.2, 0) is 11.3 Å². The van der Waals surface area contributed by atoms with E-state index in [2.05, 4.69) is 17.2 Å². The quantitative estimate of drug-likeness (QED) is 0.764. The van der Waals surface area contributed by atoms with E-state index in [1.165, 1.54) is 0 Å². The molecule has 0 aliphatic carbocycles. The van der Waals surface area contributed by atoms with Crippen LogP contribution in [-0.4, -0.2) is 24.0 Å². The molecule has 0 aliphatic rings. The monoisotopic (exact) mass is 251 g/mol. The van der Waals surface area contributed by atoms with Crippen LogP contribution < -0.4 is 15.8 Å². The molecular weight excluding hydrogens is 230 g/mol. The maximum atomic E-state index is 11.7. The molecule has 0 spiro atoms. The predicted molar refractivity (Wildman–Crippen MR) is 70.1 cm³/mol. The van der Waals surface area contributed by atoms with Gasteiger partial charge in [0.05, 0.1) is 13.2 Å². The SMILES string of the molecule is CCCCC(N)C(=O)NCc1ccc(OC)nc1. The summed E-state index contributed by atoms with van der Waals surface area (Å²) in [7, 11) is 1.57. The standard InChI is InChI=1S/C13H21N3O2/c1-3-4-5-11(14)13(17)16-9-10-6-7-12(18-2)15-8-10/h6-8,11H,3-5,9,14H2,1-2H3,(H,16,17). The van der Waals surface area contributed by atoms with Crippen molar-refractivity contribution >= 4 is 5.91 Å². The molecule has 0 saturated heterocycles. The lowest BCUT2D eigenvalue weighted by Gasteiger charge is -2.11. The molecule has 100 valence electrons. The summed E-state index contributed by atoms with van der Waals surface area (Å²) >= 11 is 0. The van der Waals surface area contributed by atoms with Crippen LogP contribution in [0.4, 0.5) is 0 Å². The van der Waals surface area contributed by atoms with E-state index in [1.54, 1.807) is 19.4 Å². The third-order valence-electron chi connectivity index (χ3n) is 2.68. The zero-order valence-corrected chi connectivity index (χ0v) is 11.0. The fraction of sp³-hybridized carbons (Fsp3) is 0.538. The van der Waals surface area contributed by atoms with E-state index in [0.717, 1.165) is 24.8 Å². The van der Waals surface area contributed by atoms with Crippen LogP contribution in [0.5, 0.6) is 5.88 Å². The zero-order valence-electron chi connectivity index (χ0n) is 11.0. The van der Waals surface area contributed by atoms with Crippen LogP contribution in [0.2, 0.25) is 0 Å². The van der Waals surface area contributed by atoms with Gasteiger partial charge in [-0.05, 0) is 12.0 Å². The number of amides is 1. The summed E-state index contributed by atoms with van der Waals surface area (Å²) in [5.41, 5.74) is 6.69. The summed E-state index contributed by atoms with van der Waals surface area (Å²) in [6.45, 7) is 2.52. The number of hydrogen-bond acceptors (Lipinski definition) is 4. The Labute approximate surface area is 108 Å². The minimum Gasteiger partial charge on any atom is -0.481 e. The number of pyridine rings is 1. The van der Waals surface area contributed by atoms with E-state index < -0.39 is 6.04 Å². The van der Waals surface area contributed by atoms with Gasteiger partial charge in [0, 0.05) is 18.8 Å². The van der Waals surface area contributed by atoms with Crippen molar-refractivity contribution < 1.29 is 9.53 Å². The van der Waals surface area contributed by atoms with Crippen molar-refractivity contribution in [3.05, 3.63) is 23.9 Å². The number of carbonyl (C=O) groups is 1. The second-order valence-corrected chi connectivity index (χ2v) is 4.18. The van der Waals surface area contributed by atoms with Gasteiger partial charge in [0.25, 0.3) is 0 Å². The first-order valence-electron chi connectivity index (χ1n) is 6.19. The van der Waals surface area contributed by atoms with Gasteiger partial charge in [-0.1, -0.05) is 25.8 Å². The van der Waals surface area contributed by atoms with E-state index in [0.29, 0.717) is 12.4 Å². The normalized spacial score (nSPS) is 11.9. The highest BCUT2D eigenvalue weighted by Crippen LogP contribution is 2.06. The molecule has 1 unspecified atom stereocenters. The maximum Gasteiger partial charge on any atom is 0.237 e. The molecule has 1 heterocycles. The van der Waals surface area contributed by atoms with Crippen molar-refractivity contribution in [1.29, 1.82) is 0 Å². The molecule has 0 aliphatic heterocycles. The molecule has 5 heteroatoms. The third-order valence-corrected chi connectivity index (χ3v) is 2.68. The number of ether oxygens (including phenoxy) is 1. The fourth-order valence-corrected chi connectivity index (χ4v) is 1.51. The number of hydrogen-bond donors (Lipinski definition) is 2. The molecule has 1 amide bonds. The number of unbranched alkanes of at least 4 members (excludes halogenated alkanes) is 1. The summed E-state index contributed by atoms with van der Waals surface area (Å²) in [4.78, 5) is 15.7. The maximum absolute atomic E-state index is 11.7. The van der Waals surface area contributed by atoms with Crippen LogP contribution in [0.1, 0.15) is 31.7 Å². The first-order valence-corrected chi connectivity index (χ1v) is 6.19. The van der Waals surface area contributed by atoms with E-state index in [-0.39, 0.29) is 5.91 Å². The largest absolute Gasteiger partial charge is 0.481 e. The van der Waals surface area contributed by atoms with Gasteiger partial charge in [0.1, 0.15) is 0 Å². The lowest BCUT2D eigenvalue weighted by atomic mass is 10.1. The summed E-state index contributed by atoms with van der Waals surface area (Å²) in [5.74, 6) is 0.448. The van der Waals surface area contributed by atoms with Crippen molar-refractivity contribution in [2.24, 2.45) is 5.73 Å². The Balaban J connectivity index is 2.37. The number of rotatable bonds is 7. The molecule has 0 radical (unpaired) electrons. The molecule has 1 rings (SSSR count).